The topological polar surface area (TPSA) is 0 Å². The minimum Gasteiger partial charge on any atom is -0.0617 e. The Morgan fingerprint density at radius 3 is 1.59 bits per heavy atom. The predicted molar refractivity (Wildman–Crippen MR) is 119 cm³/mol. The van der Waals surface area contributed by atoms with Crippen molar-refractivity contribution in [2.75, 3.05) is 0 Å². The van der Waals surface area contributed by atoms with Gasteiger partial charge in [0.25, 0.3) is 0 Å². The van der Waals surface area contributed by atoms with Crippen LogP contribution in [0, 0.1) is 27.7 Å². The quantitative estimate of drug-likeness (QED) is 0.354. The van der Waals surface area contributed by atoms with Crippen LogP contribution in [-0.4, -0.2) is 0 Å². The van der Waals surface area contributed by atoms with E-state index in [2.05, 4.69) is 113 Å². The number of rotatable bonds is 2. The van der Waals surface area contributed by atoms with Crippen LogP contribution < -0.4 is 0 Å². The molecular formula is C27H28. The van der Waals surface area contributed by atoms with Crippen molar-refractivity contribution in [1.82, 2.24) is 0 Å². The zero-order chi connectivity index (χ0) is 19.2. The Kier molecular flexibility index (Phi) is 6.08. The summed E-state index contributed by atoms with van der Waals surface area (Å²) in [4.78, 5) is 0. The second-order valence-corrected chi connectivity index (χ2v) is 7.40. The van der Waals surface area contributed by atoms with Gasteiger partial charge in [-0.3, -0.25) is 0 Å². The molecule has 0 saturated carbocycles. The third-order valence-electron chi connectivity index (χ3n) is 4.97. The average molecular weight is 353 g/mol. The third kappa shape index (κ3) is 5.08. The zero-order valence-electron chi connectivity index (χ0n) is 16.8. The van der Waals surface area contributed by atoms with Gasteiger partial charge in [0.1, 0.15) is 0 Å². The first kappa shape index (κ1) is 18.9. The molecule has 0 N–H and O–H groups in total. The first-order valence-electron chi connectivity index (χ1n) is 9.59. The van der Waals surface area contributed by atoms with Crippen LogP contribution in [0.3, 0.4) is 0 Å². The van der Waals surface area contributed by atoms with Crippen LogP contribution in [0.4, 0.5) is 0 Å². The fraction of sp³-hybridized carbons (Fsp3) is 0.185. The summed E-state index contributed by atoms with van der Waals surface area (Å²) >= 11 is 0. The van der Waals surface area contributed by atoms with Crippen LogP contribution in [0.15, 0.2) is 84.9 Å². The number of hydrogen-bond donors (Lipinski definition) is 0. The Bertz CT molecular complexity index is 982. The summed E-state index contributed by atoms with van der Waals surface area (Å²) in [6.07, 6.45) is 1.03. The number of aryl methyl sites for hydroxylation is 4. The Balaban J connectivity index is 0.000000159. The van der Waals surface area contributed by atoms with Gasteiger partial charge in [0.2, 0.25) is 0 Å². The molecule has 4 aromatic rings. The summed E-state index contributed by atoms with van der Waals surface area (Å²) in [5.41, 5.74) is 8.14. The molecule has 0 heterocycles. The lowest BCUT2D eigenvalue weighted by Gasteiger charge is -2.03. The maximum Gasteiger partial charge on any atom is -0.00257 e. The summed E-state index contributed by atoms with van der Waals surface area (Å²) < 4.78 is 0. The highest BCUT2D eigenvalue weighted by atomic mass is 14.0. The highest BCUT2D eigenvalue weighted by Gasteiger charge is 1.97. The SMILES string of the molecule is Cc1ccc(Cc2cccc(C)c2)cc1.Cc1cccc2c(C)cccc12. The molecule has 0 amide bonds. The molecule has 0 saturated heterocycles. The largest absolute Gasteiger partial charge is 0.0617 e. The zero-order valence-corrected chi connectivity index (χ0v) is 16.8. The summed E-state index contributed by atoms with van der Waals surface area (Å²) in [6, 6.07) is 30.4. The summed E-state index contributed by atoms with van der Waals surface area (Å²) in [5.74, 6) is 0. The van der Waals surface area contributed by atoms with Crippen molar-refractivity contribution in [2.24, 2.45) is 0 Å². The Labute approximate surface area is 163 Å². The van der Waals surface area contributed by atoms with E-state index in [9.17, 15) is 0 Å². The Hall–Kier alpha value is -2.86. The van der Waals surface area contributed by atoms with Crippen molar-refractivity contribution in [1.29, 1.82) is 0 Å². The average Bonchev–Trinajstić information content (AvgIpc) is 2.65. The van der Waals surface area contributed by atoms with Gasteiger partial charge < -0.3 is 0 Å². The molecule has 0 atom stereocenters. The minimum absolute atomic E-state index is 1.03. The van der Waals surface area contributed by atoms with Gasteiger partial charge in [-0.25, -0.2) is 0 Å². The molecule has 0 radical (unpaired) electrons. The number of benzene rings is 4. The molecule has 0 unspecified atom stereocenters. The van der Waals surface area contributed by atoms with E-state index in [1.807, 2.05) is 0 Å². The van der Waals surface area contributed by atoms with Crippen LogP contribution >= 0.6 is 0 Å². The number of fused-ring (bicyclic) bond motifs is 1. The van der Waals surface area contributed by atoms with Crippen molar-refractivity contribution in [3.63, 3.8) is 0 Å². The standard InChI is InChI=1S/C15H16.C12H12/c1-12-6-8-14(9-7-12)11-15-5-3-4-13(2)10-15;1-9-5-3-8-12-10(2)6-4-7-11(9)12/h3-10H,11H2,1-2H3;3-8H,1-2H3. The van der Waals surface area contributed by atoms with Crippen LogP contribution in [0.25, 0.3) is 10.8 Å². The smallest absolute Gasteiger partial charge is 0.00257 e. The lowest BCUT2D eigenvalue weighted by molar-refractivity contribution is 1.18. The molecular weight excluding hydrogens is 324 g/mol. The van der Waals surface area contributed by atoms with Crippen LogP contribution in [0.2, 0.25) is 0 Å². The molecule has 4 rings (SSSR count). The minimum atomic E-state index is 1.03. The summed E-state index contributed by atoms with van der Waals surface area (Å²) in [5, 5.41) is 2.75. The molecule has 0 spiro atoms. The van der Waals surface area contributed by atoms with Gasteiger partial charge >= 0.3 is 0 Å². The Morgan fingerprint density at radius 1 is 0.481 bits per heavy atom. The second kappa shape index (κ2) is 8.68. The molecule has 0 aromatic heterocycles. The van der Waals surface area contributed by atoms with Gasteiger partial charge in [0, 0.05) is 0 Å². The summed E-state index contributed by atoms with van der Waals surface area (Å²) in [7, 11) is 0. The molecule has 0 aliphatic carbocycles. The van der Waals surface area contributed by atoms with Crippen LogP contribution in [0.5, 0.6) is 0 Å². The van der Waals surface area contributed by atoms with Crippen molar-refractivity contribution >= 4 is 10.8 Å². The van der Waals surface area contributed by atoms with Gasteiger partial charge in [-0.15, -0.1) is 0 Å². The monoisotopic (exact) mass is 352 g/mol. The summed E-state index contributed by atoms with van der Waals surface area (Å²) in [6.45, 7) is 8.57. The van der Waals surface area contributed by atoms with E-state index in [1.165, 1.54) is 44.2 Å². The fourth-order valence-electron chi connectivity index (χ4n) is 3.39. The van der Waals surface area contributed by atoms with Crippen LogP contribution in [0.1, 0.15) is 33.4 Å². The highest BCUT2D eigenvalue weighted by Crippen LogP contribution is 2.20. The van der Waals surface area contributed by atoms with E-state index >= 15 is 0 Å². The van der Waals surface area contributed by atoms with Crippen molar-refractivity contribution in [3.05, 3.63) is 118 Å². The molecule has 0 nitrogen and oxygen atoms in total. The molecule has 0 aliphatic rings. The molecule has 0 heteroatoms. The van der Waals surface area contributed by atoms with Crippen molar-refractivity contribution in [3.8, 4) is 0 Å². The molecule has 0 fully saturated rings. The van der Waals surface area contributed by atoms with Crippen LogP contribution in [-0.2, 0) is 6.42 Å². The van der Waals surface area contributed by atoms with Gasteiger partial charge in [-0.1, -0.05) is 96.1 Å². The Morgan fingerprint density at radius 2 is 1.04 bits per heavy atom. The normalized spacial score (nSPS) is 10.4. The molecule has 4 aromatic carbocycles. The van der Waals surface area contributed by atoms with Crippen molar-refractivity contribution in [2.45, 2.75) is 34.1 Å². The predicted octanol–water partition coefficient (Wildman–Crippen LogP) is 7.35. The van der Waals surface area contributed by atoms with E-state index in [1.54, 1.807) is 0 Å². The maximum atomic E-state index is 2.25. The van der Waals surface area contributed by atoms with E-state index in [-0.39, 0.29) is 0 Å². The fourth-order valence-corrected chi connectivity index (χ4v) is 3.39. The third-order valence-corrected chi connectivity index (χ3v) is 4.97. The highest BCUT2D eigenvalue weighted by molar-refractivity contribution is 5.88. The van der Waals surface area contributed by atoms with Gasteiger partial charge in [0.05, 0.1) is 0 Å². The lowest BCUT2D eigenvalue weighted by atomic mass is 10.0. The van der Waals surface area contributed by atoms with E-state index in [0.717, 1.165) is 6.42 Å². The van der Waals surface area contributed by atoms with E-state index < -0.39 is 0 Å². The van der Waals surface area contributed by atoms with Gasteiger partial charge in [-0.2, -0.15) is 0 Å². The lowest BCUT2D eigenvalue weighted by Crippen LogP contribution is -1.88. The van der Waals surface area contributed by atoms with Gasteiger partial charge in [0.15, 0.2) is 0 Å². The maximum absolute atomic E-state index is 2.25. The molecule has 27 heavy (non-hydrogen) atoms. The number of hydrogen-bond acceptors (Lipinski definition) is 0. The van der Waals surface area contributed by atoms with E-state index in [0.29, 0.717) is 0 Å². The molecule has 0 bridgehead atoms. The second-order valence-electron chi connectivity index (χ2n) is 7.40. The van der Waals surface area contributed by atoms with Crippen molar-refractivity contribution < 1.29 is 0 Å². The molecule has 136 valence electrons. The molecule has 0 aliphatic heterocycles. The van der Waals surface area contributed by atoms with Gasteiger partial charge in [-0.05, 0) is 67.1 Å². The van der Waals surface area contributed by atoms with E-state index in [4.69, 9.17) is 0 Å². The first-order chi connectivity index (χ1) is 13.0. The first-order valence-corrected chi connectivity index (χ1v) is 9.59.